The van der Waals surface area contributed by atoms with Crippen LogP contribution in [0, 0.1) is 10.1 Å². The fraction of sp³-hybridized carbons (Fsp3) is 0.455. The first-order valence-electron chi connectivity index (χ1n) is 5.61. The Labute approximate surface area is 119 Å². The molecule has 0 unspecified atom stereocenters. The molecular formula is C11H12ClN3O3S. The number of aromatic nitrogens is 1. The van der Waals surface area contributed by atoms with E-state index in [0.717, 1.165) is 25.1 Å². The van der Waals surface area contributed by atoms with E-state index in [9.17, 15) is 14.9 Å². The maximum Gasteiger partial charge on any atom is 0.288 e. The van der Waals surface area contributed by atoms with Gasteiger partial charge in [-0.1, -0.05) is 11.6 Å². The van der Waals surface area contributed by atoms with Crippen molar-refractivity contribution in [1.29, 1.82) is 0 Å². The number of nitrogens with one attached hydrogen (secondary N) is 1. The Morgan fingerprint density at radius 2 is 2.37 bits per heavy atom. The van der Waals surface area contributed by atoms with Crippen molar-refractivity contribution >= 4 is 35.0 Å². The number of hydrogen-bond acceptors (Lipinski definition) is 5. The molecule has 1 amide bonds. The number of thioether (sulfide) groups is 1. The predicted octanol–water partition coefficient (Wildman–Crippen LogP) is 2.27. The molecule has 0 saturated heterocycles. The number of pyridine rings is 1. The average Bonchev–Trinajstić information content (AvgIpc) is 3.17. The molecule has 0 radical (unpaired) electrons. The molecule has 1 aliphatic rings. The molecule has 8 heteroatoms. The van der Waals surface area contributed by atoms with Gasteiger partial charge in [-0.3, -0.25) is 14.9 Å². The van der Waals surface area contributed by atoms with E-state index in [0.29, 0.717) is 6.54 Å². The van der Waals surface area contributed by atoms with E-state index in [2.05, 4.69) is 10.3 Å². The second-order valence-electron chi connectivity index (χ2n) is 4.36. The van der Waals surface area contributed by atoms with Crippen molar-refractivity contribution in [1.82, 2.24) is 10.3 Å². The minimum atomic E-state index is -0.607. The first kappa shape index (κ1) is 14.1. The van der Waals surface area contributed by atoms with Gasteiger partial charge >= 0.3 is 0 Å². The summed E-state index contributed by atoms with van der Waals surface area (Å²) in [5, 5.41) is 13.4. The van der Waals surface area contributed by atoms with Crippen molar-refractivity contribution < 1.29 is 9.72 Å². The van der Waals surface area contributed by atoms with E-state index in [4.69, 9.17) is 11.6 Å². The molecule has 2 rings (SSSR count). The standard InChI is InChI=1S/C11H12ClN3O3S/c1-19-11(2-3-11)6-14-10(16)8-4-7(15(17)18)5-13-9(8)12/h4-5H,2-3,6H2,1H3,(H,14,16). The highest BCUT2D eigenvalue weighted by Gasteiger charge is 2.42. The lowest BCUT2D eigenvalue weighted by molar-refractivity contribution is -0.385. The lowest BCUT2D eigenvalue weighted by atomic mass is 10.2. The number of hydrogen-bond donors (Lipinski definition) is 1. The van der Waals surface area contributed by atoms with Crippen molar-refractivity contribution in [3.05, 3.63) is 33.1 Å². The van der Waals surface area contributed by atoms with Gasteiger partial charge in [-0.25, -0.2) is 4.98 Å². The monoisotopic (exact) mass is 301 g/mol. The Balaban J connectivity index is 2.10. The Bertz CT molecular complexity index is 534. The molecular weight excluding hydrogens is 290 g/mol. The van der Waals surface area contributed by atoms with E-state index in [1.54, 1.807) is 11.8 Å². The van der Waals surface area contributed by atoms with Gasteiger partial charge in [0.1, 0.15) is 11.3 Å². The Hall–Kier alpha value is -1.34. The molecule has 0 bridgehead atoms. The lowest BCUT2D eigenvalue weighted by Gasteiger charge is -2.13. The molecule has 6 nitrogen and oxygen atoms in total. The number of nitro groups is 1. The molecule has 0 atom stereocenters. The fourth-order valence-corrected chi connectivity index (χ4v) is 2.54. The van der Waals surface area contributed by atoms with Crippen LogP contribution in [0.4, 0.5) is 5.69 Å². The van der Waals surface area contributed by atoms with Crippen molar-refractivity contribution in [2.45, 2.75) is 17.6 Å². The molecule has 1 aliphatic carbocycles. The molecule has 102 valence electrons. The molecule has 1 aromatic rings. The zero-order chi connectivity index (χ0) is 14.0. The molecule has 0 aromatic carbocycles. The van der Waals surface area contributed by atoms with Crippen molar-refractivity contribution in [3.63, 3.8) is 0 Å². The predicted molar refractivity (Wildman–Crippen MR) is 73.7 cm³/mol. The van der Waals surface area contributed by atoms with E-state index < -0.39 is 10.8 Å². The number of halogens is 1. The van der Waals surface area contributed by atoms with Crippen LogP contribution in [0.2, 0.25) is 5.15 Å². The van der Waals surface area contributed by atoms with Gasteiger partial charge in [-0.15, -0.1) is 0 Å². The molecule has 1 N–H and O–H groups in total. The van der Waals surface area contributed by atoms with Crippen molar-refractivity contribution in [3.8, 4) is 0 Å². The van der Waals surface area contributed by atoms with E-state index in [1.165, 1.54) is 0 Å². The summed E-state index contributed by atoms with van der Waals surface area (Å²) >= 11 is 7.51. The van der Waals surface area contributed by atoms with Crippen LogP contribution in [-0.4, -0.2) is 33.4 Å². The van der Waals surface area contributed by atoms with Crippen LogP contribution in [0.25, 0.3) is 0 Å². The average molecular weight is 302 g/mol. The van der Waals surface area contributed by atoms with Gasteiger partial charge in [0.25, 0.3) is 11.6 Å². The summed E-state index contributed by atoms with van der Waals surface area (Å²) in [7, 11) is 0. The smallest absolute Gasteiger partial charge is 0.288 e. The molecule has 0 aliphatic heterocycles. The third kappa shape index (κ3) is 3.16. The highest BCUT2D eigenvalue weighted by atomic mass is 35.5. The maximum atomic E-state index is 12.0. The number of amides is 1. The molecule has 1 heterocycles. The van der Waals surface area contributed by atoms with Crippen LogP contribution >= 0.6 is 23.4 Å². The van der Waals surface area contributed by atoms with Gasteiger partial charge < -0.3 is 5.32 Å². The van der Waals surface area contributed by atoms with Gasteiger partial charge in [-0.05, 0) is 19.1 Å². The summed E-state index contributed by atoms with van der Waals surface area (Å²) in [6, 6.07) is 1.14. The quantitative estimate of drug-likeness (QED) is 0.512. The number of rotatable bonds is 5. The van der Waals surface area contributed by atoms with E-state index in [-0.39, 0.29) is 21.2 Å². The largest absolute Gasteiger partial charge is 0.351 e. The highest BCUT2D eigenvalue weighted by molar-refractivity contribution is 8.00. The second-order valence-corrected chi connectivity index (χ2v) is 5.99. The van der Waals surface area contributed by atoms with Crippen LogP contribution in [0.15, 0.2) is 12.3 Å². The molecule has 1 fully saturated rings. The summed E-state index contributed by atoms with van der Waals surface area (Å²) in [6.07, 6.45) is 5.16. The number of carbonyl (C=O) groups is 1. The fourth-order valence-electron chi connectivity index (χ4n) is 1.63. The SMILES string of the molecule is CSC1(CNC(=O)c2cc([N+](=O)[O-])cnc2Cl)CC1. The minimum Gasteiger partial charge on any atom is -0.351 e. The van der Waals surface area contributed by atoms with Gasteiger partial charge in [0, 0.05) is 17.4 Å². The molecule has 0 spiro atoms. The van der Waals surface area contributed by atoms with Crippen LogP contribution < -0.4 is 5.32 Å². The molecule has 19 heavy (non-hydrogen) atoms. The number of nitrogens with zero attached hydrogens (tertiary/aromatic N) is 2. The van der Waals surface area contributed by atoms with Crippen LogP contribution in [-0.2, 0) is 0 Å². The molecule has 1 saturated carbocycles. The van der Waals surface area contributed by atoms with Crippen LogP contribution in [0.3, 0.4) is 0 Å². The van der Waals surface area contributed by atoms with E-state index in [1.807, 2.05) is 6.26 Å². The van der Waals surface area contributed by atoms with Gasteiger partial charge in [0.2, 0.25) is 0 Å². The van der Waals surface area contributed by atoms with Crippen molar-refractivity contribution in [2.75, 3.05) is 12.8 Å². The maximum absolute atomic E-state index is 12.0. The van der Waals surface area contributed by atoms with Gasteiger partial charge in [0.05, 0.1) is 10.5 Å². The third-order valence-electron chi connectivity index (χ3n) is 3.09. The first-order chi connectivity index (χ1) is 8.97. The summed E-state index contributed by atoms with van der Waals surface area (Å²) in [5.41, 5.74) is -0.215. The van der Waals surface area contributed by atoms with Gasteiger partial charge in [-0.2, -0.15) is 11.8 Å². The topological polar surface area (TPSA) is 85.1 Å². The van der Waals surface area contributed by atoms with Gasteiger partial charge in [0.15, 0.2) is 0 Å². The van der Waals surface area contributed by atoms with E-state index >= 15 is 0 Å². The molecule has 1 aromatic heterocycles. The Morgan fingerprint density at radius 1 is 1.68 bits per heavy atom. The third-order valence-corrected chi connectivity index (χ3v) is 4.81. The zero-order valence-electron chi connectivity index (χ0n) is 10.2. The lowest BCUT2D eigenvalue weighted by Crippen LogP contribution is -2.32. The summed E-state index contributed by atoms with van der Waals surface area (Å²) < 4.78 is 0.121. The second kappa shape index (κ2) is 5.34. The Morgan fingerprint density at radius 3 is 2.89 bits per heavy atom. The minimum absolute atomic E-state index is 0.0305. The Kier molecular flexibility index (Phi) is 3.96. The number of carbonyl (C=O) groups excluding carboxylic acids is 1. The zero-order valence-corrected chi connectivity index (χ0v) is 11.8. The summed E-state index contributed by atoms with van der Waals surface area (Å²) in [4.78, 5) is 25.7. The highest BCUT2D eigenvalue weighted by Crippen LogP contribution is 2.46. The normalized spacial score (nSPS) is 15.9. The van der Waals surface area contributed by atoms with Crippen LogP contribution in [0.1, 0.15) is 23.2 Å². The van der Waals surface area contributed by atoms with Crippen molar-refractivity contribution in [2.24, 2.45) is 0 Å². The summed E-state index contributed by atoms with van der Waals surface area (Å²) in [6.45, 7) is 0.534. The summed E-state index contributed by atoms with van der Waals surface area (Å²) in [5.74, 6) is -0.429. The first-order valence-corrected chi connectivity index (χ1v) is 7.21. The van der Waals surface area contributed by atoms with Crippen LogP contribution in [0.5, 0.6) is 0 Å².